The molecule has 1 fully saturated rings. The van der Waals surface area contributed by atoms with Gasteiger partial charge in [0.1, 0.15) is 5.75 Å². The molecule has 0 aromatic heterocycles. The SMILES string of the molecule is CSCCNC(=NCc1ccccc1OCC1CC1)NCC(=O)N(C)C.I. The van der Waals surface area contributed by atoms with E-state index in [-0.39, 0.29) is 36.4 Å². The molecule has 0 unspecified atom stereocenters. The van der Waals surface area contributed by atoms with E-state index in [1.165, 1.54) is 12.8 Å². The number of hydrogen-bond donors (Lipinski definition) is 2. The Labute approximate surface area is 183 Å². The van der Waals surface area contributed by atoms with Crippen LogP contribution in [0.1, 0.15) is 18.4 Å². The fourth-order valence-electron chi connectivity index (χ4n) is 2.19. The maximum absolute atomic E-state index is 11.8. The summed E-state index contributed by atoms with van der Waals surface area (Å²) in [6, 6.07) is 8.02. The predicted molar refractivity (Wildman–Crippen MR) is 124 cm³/mol. The van der Waals surface area contributed by atoms with Gasteiger partial charge in [-0.15, -0.1) is 24.0 Å². The molecule has 1 aromatic carbocycles. The van der Waals surface area contributed by atoms with E-state index in [0.717, 1.165) is 30.2 Å². The lowest BCUT2D eigenvalue weighted by Gasteiger charge is -2.15. The van der Waals surface area contributed by atoms with Gasteiger partial charge in [-0.3, -0.25) is 4.79 Å². The van der Waals surface area contributed by atoms with E-state index in [4.69, 9.17) is 4.74 Å². The third-order valence-corrected chi connectivity index (χ3v) is 4.67. The summed E-state index contributed by atoms with van der Waals surface area (Å²) in [4.78, 5) is 18.0. The molecular weight excluding hydrogens is 475 g/mol. The lowest BCUT2D eigenvalue weighted by Crippen LogP contribution is -2.43. The third-order valence-electron chi connectivity index (χ3n) is 4.06. The van der Waals surface area contributed by atoms with Gasteiger partial charge in [0.25, 0.3) is 0 Å². The Morgan fingerprint density at radius 1 is 1.30 bits per heavy atom. The number of nitrogens with zero attached hydrogens (tertiary/aromatic N) is 2. The maximum Gasteiger partial charge on any atom is 0.241 e. The standard InChI is InChI=1S/C19H30N4O2S.HI/c1-23(2)18(24)13-22-19(20-10-11-26-3)21-12-16-6-4-5-7-17(16)25-14-15-8-9-15;/h4-7,15H,8-14H2,1-3H3,(H2,20,21,22);1H. The highest BCUT2D eigenvalue weighted by Crippen LogP contribution is 2.30. The first-order valence-electron chi connectivity index (χ1n) is 9.02. The Morgan fingerprint density at radius 3 is 2.70 bits per heavy atom. The molecule has 0 atom stereocenters. The second-order valence-electron chi connectivity index (χ2n) is 6.59. The summed E-state index contributed by atoms with van der Waals surface area (Å²) in [6.07, 6.45) is 4.61. The van der Waals surface area contributed by atoms with Crippen LogP contribution in [-0.2, 0) is 11.3 Å². The van der Waals surface area contributed by atoms with E-state index in [0.29, 0.717) is 18.4 Å². The number of amides is 1. The van der Waals surface area contributed by atoms with E-state index in [2.05, 4.69) is 21.9 Å². The van der Waals surface area contributed by atoms with Gasteiger partial charge in [-0.05, 0) is 31.1 Å². The number of benzene rings is 1. The fourth-order valence-corrected chi connectivity index (χ4v) is 2.50. The summed E-state index contributed by atoms with van der Waals surface area (Å²) in [5, 5.41) is 6.38. The Bertz CT molecular complexity index is 609. The number of rotatable bonds is 10. The largest absolute Gasteiger partial charge is 0.493 e. The summed E-state index contributed by atoms with van der Waals surface area (Å²) < 4.78 is 5.95. The normalized spacial score (nSPS) is 13.5. The van der Waals surface area contributed by atoms with Crippen molar-refractivity contribution in [3.63, 3.8) is 0 Å². The van der Waals surface area contributed by atoms with Crippen LogP contribution < -0.4 is 15.4 Å². The van der Waals surface area contributed by atoms with Crippen molar-refractivity contribution in [2.75, 3.05) is 45.8 Å². The van der Waals surface area contributed by atoms with Crippen LogP contribution in [-0.4, -0.2) is 62.6 Å². The van der Waals surface area contributed by atoms with E-state index in [1.54, 1.807) is 30.8 Å². The molecule has 0 radical (unpaired) electrons. The van der Waals surface area contributed by atoms with Crippen molar-refractivity contribution in [2.45, 2.75) is 19.4 Å². The average molecular weight is 506 g/mol. The molecule has 6 nitrogen and oxygen atoms in total. The van der Waals surface area contributed by atoms with Crippen LogP contribution in [0.3, 0.4) is 0 Å². The molecule has 1 aliphatic carbocycles. The Morgan fingerprint density at radius 2 is 2.04 bits per heavy atom. The zero-order valence-corrected chi connectivity index (χ0v) is 19.5. The van der Waals surface area contributed by atoms with Crippen LogP contribution >= 0.6 is 35.7 Å². The smallest absolute Gasteiger partial charge is 0.241 e. The minimum atomic E-state index is 0. The van der Waals surface area contributed by atoms with Gasteiger partial charge in [0.05, 0.1) is 19.7 Å². The van der Waals surface area contributed by atoms with Crippen LogP contribution in [0.25, 0.3) is 0 Å². The number of para-hydroxylation sites is 1. The number of hydrogen-bond acceptors (Lipinski definition) is 4. The minimum Gasteiger partial charge on any atom is -0.493 e. The fraction of sp³-hybridized carbons (Fsp3) is 0.579. The topological polar surface area (TPSA) is 66.0 Å². The number of likely N-dealkylation sites (N-methyl/N-ethyl adjacent to an activating group) is 1. The molecule has 1 aliphatic rings. The highest BCUT2D eigenvalue weighted by molar-refractivity contribution is 14.0. The molecule has 1 aromatic rings. The minimum absolute atomic E-state index is 0. The second-order valence-corrected chi connectivity index (χ2v) is 7.57. The Kier molecular flexibility index (Phi) is 11.6. The van der Waals surface area contributed by atoms with Crippen molar-refractivity contribution in [2.24, 2.45) is 10.9 Å². The van der Waals surface area contributed by atoms with Crippen LogP contribution in [0.2, 0.25) is 0 Å². The number of carbonyl (C=O) groups excluding carboxylic acids is 1. The monoisotopic (exact) mass is 506 g/mol. The van der Waals surface area contributed by atoms with Crippen LogP contribution in [0, 0.1) is 5.92 Å². The summed E-state index contributed by atoms with van der Waals surface area (Å²) in [7, 11) is 3.49. The summed E-state index contributed by atoms with van der Waals surface area (Å²) in [5.74, 6) is 3.25. The average Bonchev–Trinajstić information content (AvgIpc) is 3.46. The predicted octanol–water partition coefficient (Wildman–Crippen LogP) is 2.58. The number of guanidine groups is 1. The lowest BCUT2D eigenvalue weighted by molar-refractivity contribution is -0.127. The van der Waals surface area contributed by atoms with Gasteiger partial charge < -0.3 is 20.3 Å². The highest BCUT2D eigenvalue weighted by atomic mass is 127. The number of thioether (sulfide) groups is 1. The molecule has 0 aliphatic heterocycles. The van der Waals surface area contributed by atoms with Crippen molar-refractivity contribution in [1.82, 2.24) is 15.5 Å². The van der Waals surface area contributed by atoms with Gasteiger partial charge in [-0.2, -0.15) is 11.8 Å². The molecule has 0 spiro atoms. The first-order chi connectivity index (χ1) is 12.6. The van der Waals surface area contributed by atoms with E-state index >= 15 is 0 Å². The molecule has 0 bridgehead atoms. The molecule has 2 N–H and O–H groups in total. The summed E-state index contributed by atoms with van der Waals surface area (Å²) in [6.45, 7) is 2.31. The van der Waals surface area contributed by atoms with Crippen LogP contribution in [0.15, 0.2) is 29.3 Å². The second kappa shape index (κ2) is 13.1. The lowest BCUT2D eigenvalue weighted by atomic mass is 10.2. The first kappa shape index (κ1) is 23.9. The summed E-state index contributed by atoms with van der Waals surface area (Å²) >= 11 is 1.76. The Balaban J connectivity index is 0.00000364. The Hall–Kier alpha value is -1.16. The van der Waals surface area contributed by atoms with Crippen molar-refractivity contribution >= 4 is 47.6 Å². The molecule has 1 amide bonds. The molecule has 152 valence electrons. The zero-order valence-electron chi connectivity index (χ0n) is 16.4. The zero-order chi connectivity index (χ0) is 18.8. The van der Waals surface area contributed by atoms with E-state index in [1.807, 2.05) is 24.3 Å². The maximum atomic E-state index is 11.8. The van der Waals surface area contributed by atoms with Crippen molar-refractivity contribution in [3.05, 3.63) is 29.8 Å². The van der Waals surface area contributed by atoms with E-state index < -0.39 is 0 Å². The summed E-state index contributed by atoms with van der Waals surface area (Å²) in [5.41, 5.74) is 1.05. The number of ether oxygens (including phenoxy) is 1. The highest BCUT2D eigenvalue weighted by Gasteiger charge is 2.22. The van der Waals surface area contributed by atoms with Gasteiger partial charge in [0.15, 0.2) is 5.96 Å². The van der Waals surface area contributed by atoms with Gasteiger partial charge >= 0.3 is 0 Å². The number of halogens is 1. The van der Waals surface area contributed by atoms with Crippen molar-refractivity contribution in [1.29, 1.82) is 0 Å². The molecule has 1 saturated carbocycles. The molecule has 8 heteroatoms. The van der Waals surface area contributed by atoms with Gasteiger partial charge in [0, 0.05) is 32.0 Å². The third kappa shape index (κ3) is 9.55. The first-order valence-corrected chi connectivity index (χ1v) is 10.4. The molecule has 27 heavy (non-hydrogen) atoms. The molecular formula is C19H31IN4O2S. The van der Waals surface area contributed by atoms with Crippen molar-refractivity contribution < 1.29 is 9.53 Å². The van der Waals surface area contributed by atoms with E-state index in [9.17, 15) is 4.79 Å². The number of aliphatic imine (C=N–C) groups is 1. The quantitative estimate of drug-likeness (QED) is 0.221. The van der Waals surface area contributed by atoms with Crippen molar-refractivity contribution in [3.8, 4) is 5.75 Å². The van der Waals surface area contributed by atoms with Gasteiger partial charge in [-0.25, -0.2) is 4.99 Å². The van der Waals surface area contributed by atoms with Gasteiger partial charge in [-0.1, -0.05) is 18.2 Å². The number of carbonyl (C=O) groups is 1. The van der Waals surface area contributed by atoms with Gasteiger partial charge in [0.2, 0.25) is 5.91 Å². The van der Waals surface area contributed by atoms with Crippen LogP contribution in [0.4, 0.5) is 0 Å². The number of nitrogens with one attached hydrogen (secondary N) is 2. The van der Waals surface area contributed by atoms with Crippen LogP contribution in [0.5, 0.6) is 5.75 Å². The molecule has 2 rings (SSSR count). The molecule has 0 heterocycles. The molecule has 0 saturated heterocycles.